The third-order valence-electron chi connectivity index (χ3n) is 5.03. The predicted octanol–water partition coefficient (Wildman–Crippen LogP) is 2.88. The van der Waals surface area contributed by atoms with Crippen LogP contribution in [0.15, 0.2) is 30.4 Å². The first-order valence-corrected chi connectivity index (χ1v) is 9.52. The van der Waals surface area contributed by atoms with Crippen LogP contribution in [0.2, 0.25) is 0 Å². The highest BCUT2D eigenvalue weighted by Crippen LogP contribution is 2.35. The topological polar surface area (TPSA) is 79.4 Å². The third-order valence-corrected chi connectivity index (χ3v) is 5.96. The lowest BCUT2D eigenvalue weighted by atomic mass is 9.85. The largest absolute Gasteiger partial charge is 0.302 e. The summed E-state index contributed by atoms with van der Waals surface area (Å²) in [5.74, 6) is -1.03. The summed E-state index contributed by atoms with van der Waals surface area (Å²) < 4.78 is 1.02. The number of amides is 3. The van der Waals surface area contributed by atoms with Gasteiger partial charge in [-0.05, 0) is 31.4 Å². The second-order valence-corrected chi connectivity index (χ2v) is 7.75. The third kappa shape index (κ3) is 2.92. The SMILES string of the molecule is Cc1cccc2sc(NC(=O)CCN3C(=O)[C@H]4CC=CC[C@@H]4C3=O)nc12. The van der Waals surface area contributed by atoms with E-state index in [1.165, 1.54) is 16.2 Å². The Morgan fingerprint density at radius 2 is 1.92 bits per heavy atom. The highest BCUT2D eigenvalue weighted by Gasteiger charge is 2.46. The normalized spacial score (nSPS) is 22.1. The molecule has 2 aliphatic rings. The number of imide groups is 1. The zero-order valence-corrected chi connectivity index (χ0v) is 15.2. The van der Waals surface area contributed by atoms with Crippen molar-refractivity contribution in [3.05, 3.63) is 35.9 Å². The Labute approximate surface area is 154 Å². The molecule has 6 nitrogen and oxygen atoms in total. The minimum atomic E-state index is -0.247. The lowest BCUT2D eigenvalue weighted by Gasteiger charge is -2.14. The summed E-state index contributed by atoms with van der Waals surface area (Å²) in [5, 5.41) is 3.32. The highest BCUT2D eigenvalue weighted by molar-refractivity contribution is 7.22. The van der Waals surface area contributed by atoms with Gasteiger partial charge in [-0.2, -0.15) is 0 Å². The number of rotatable bonds is 4. The number of thiazole rings is 1. The fraction of sp³-hybridized carbons (Fsp3) is 0.368. The van der Waals surface area contributed by atoms with Crippen molar-refractivity contribution in [1.82, 2.24) is 9.88 Å². The maximum atomic E-state index is 12.4. The molecule has 134 valence electrons. The van der Waals surface area contributed by atoms with E-state index in [1.54, 1.807) is 0 Å². The van der Waals surface area contributed by atoms with Gasteiger partial charge in [0.15, 0.2) is 5.13 Å². The van der Waals surface area contributed by atoms with E-state index in [4.69, 9.17) is 0 Å². The van der Waals surface area contributed by atoms with Gasteiger partial charge >= 0.3 is 0 Å². The fourth-order valence-electron chi connectivity index (χ4n) is 3.62. The van der Waals surface area contributed by atoms with Crippen LogP contribution in [0.4, 0.5) is 5.13 Å². The summed E-state index contributed by atoms with van der Waals surface area (Å²) in [5.41, 5.74) is 1.94. The summed E-state index contributed by atoms with van der Waals surface area (Å²) in [7, 11) is 0. The van der Waals surface area contributed by atoms with Gasteiger partial charge in [-0.25, -0.2) is 4.98 Å². The summed E-state index contributed by atoms with van der Waals surface area (Å²) in [6.07, 6.45) is 5.22. The first-order valence-electron chi connectivity index (χ1n) is 8.71. The van der Waals surface area contributed by atoms with Gasteiger partial charge in [0.2, 0.25) is 17.7 Å². The predicted molar refractivity (Wildman–Crippen MR) is 99.7 cm³/mol. The van der Waals surface area contributed by atoms with E-state index in [0.29, 0.717) is 18.0 Å². The number of hydrogen-bond donors (Lipinski definition) is 1. The minimum Gasteiger partial charge on any atom is -0.302 e. The smallest absolute Gasteiger partial charge is 0.233 e. The molecule has 1 fully saturated rings. The van der Waals surface area contributed by atoms with Crippen molar-refractivity contribution in [2.75, 3.05) is 11.9 Å². The van der Waals surface area contributed by atoms with Crippen LogP contribution in [0, 0.1) is 18.8 Å². The van der Waals surface area contributed by atoms with Crippen molar-refractivity contribution in [3.8, 4) is 0 Å². The minimum absolute atomic E-state index is 0.0826. The van der Waals surface area contributed by atoms with Crippen molar-refractivity contribution < 1.29 is 14.4 Å². The molecule has 0 saturated carbocycles. The van der Waals surface area contributed by atoms with Gasteiger partial charge in [0.1, 0.15) is 0 Å². The average molecular weight is 369 g/mol. The summed E-state index contributed by atoms with van der Waals surface area (Å²) in [6, 6.07) is 5.90. The molecule has 1 N–H and O–H groups in total. The second-order valence-electron chi connectivity index (χ2n) is 6.72. The van der Waals surface area contributed by atoms with E-state index in [1.807, 2.05) is 37.3 Å². The molecule has 0 spiro atoms. The van der Waals surface area contributed by atoms with Gasteiger partial charge < -0.3 is 5.32 Å². The summed E-state index contributed by atoms with van der Waals surface area (Å²) in [4.78, 5) is 42.8. The molecule has 7 heteroatoms. The Balaban J connectivity index is 1.38. The van der Waals surface area contributed by atoms with Crippen LogP contribution in [-0.4, -0.2) is 34.2 Å². The lowest BCUT2D eigenvalue weighted by molar-refractivity contribution is -0.140. The van der Waals surface area contributed by atoms with Crippen LogP contribution in [0.3, 0.4) is 0 Å². The van der Waals surface area contributed by atoms with Crippen LogP contribution in [0.5, 0.6) is 0 Å². The number of nitrogens with zero attached hydrogens (tertiary/aromatic N) is 2. The van der Waals surface area contributed by atoms with Crippen LogP contribution in [0.25, 0.3) is 10.2 Å². The number of anilines is 1. The lowest BCUT2D eigenvalue weighted by Crippen LogP contribution is -2.34. The number of carbonyl (C=O) groups excluding carboxylic acids is 3. The highest BCUT2D eigenvalue weighted by atomic mass is 32.1. The molecule has 2 heterocycles. The molecule has 4 rings (SSSR count). The van der Waals surface area contributed by atoms with E-state index in [0.717, 1.165) is 15.8 Å². The molecule has 1 aromatic heterocycles. The summed E-state index contributed by atoms with van der Waals surface area (Å²) in [6.45, 7) is 2.10. The van der Waals surface area contributed by atoms with Crippen LogP contribution >= 0.6 is 11.3 Å². The Morgan fingerprint density at radius 1 is 1.23 bits per heavy atom. The quantitative estimate of drug-likeness (QED) is 0.664. The monoisotopic (exact) mass is 369 g/mol. The number of aromatic nitrogens is 1. The van der Waals surface area contributed by atoms with Gasteiger partial charge in [0, 0.05) is 13.0 Å². The molecule has 1 aliphatic heterocycles. The van der Waals surface area contributed by atoms with Crippen molar-refractivity contribution in [1.29, 1.82) is 0 Å². The number of fused-ring (bicyclic) bond motifs is 2. The Morgan fingerprint density at radius 3 is 2.58 bits per heavy atom. The van der Waals surface area contributed by atoms with E-state index < -0.39 is 0 Å². The molecule has 1 saturated heterocycles. The fourth-order valence-corrected chi connectivity index (χ4v) is 4.58. The van der Waals surface area contributed by atoms with Gasteiger partial charge in [-0.15, -0.1) is 0 Å². The second kappa shape index (κ2) is 6.64. The number of carbonyl (C=O) groups is 3. The molecular weight excluding hydrogens is 350 g/mol. The Kier molecular flexibility index (Phi) is 4.32. The van der Waals surface area contributed by atoms with Crippen molar-refractivity contribution in [3.63, 3.8) is 0 Å². The number of nitrogens with one attached hydrogen (secondary N) is 1. The van der Waals surface area contributed by atoms with Crippen molar-refractivity contribution >= 4 is 44.4 Å². The number of allylic oxidation sites excluding steroid dienone is 2. The first kappa shape index (κ1) is 16.9. The van der Waals surface area contributed by atoms with Crippen LogP contribution in [-0.2, 0) is 14.4 Å². The number of hydrogen-bond acceptors (Lipinski definition) is 5. The maximum absolute atomic E-state index is 12.4. The van der Waals surface area contributed by atoms with Crippen molar-refractivity contribution in [2.24, 2.45) is 11.8 Å². The molecule has 1 aromatic carbocycles. The van der Waals surface area contributed by atoms with Gasteiger partial charge in [0.05, 0.1) is 22.1 Å². The molecule has 0 radical (unpaired) electrons. The van der Waals surface area contributed by atoms with Crippen LogP contribution in [0.1, 0.15) is 24.8 Å². The van der Waals surface area contributed by atoms with E-state index >= 15 is 0 Å². The first-order chi connectivity index (χ1) is 12.5. The molecule has 2 aromatic rings. The van der Waals surface area contributed by atoms with Gasteiger partial charge in [0.25, 0.3) is 0 Å². The maximum Gasteiger partial charge on any atom is 0.233 e. The molecule has 26 heavy (non-hydrogen) atoms. The number of likely N-dealkylation sites (tertiary alicyclic amines) is 1. The Bertz CT molecular complexity index is 907. The molecule has 3 amide bonds. The summed E-state index contributed by atoms with van der Waals surface area (Å²) >= 11 is 1.42. The molecule has 0 bridgehead atoms. The van der Waals surface area contributed by atoms with Gasteiger partial charge in [-0.1, -0.05) is 35.6 Å². The molecular formula is C19H19N3O3S. The molecule has 2 atom stereocenters. The number of para-hydroxylation sites is 1. The molecule has 1 aliphatic carbocycles. The number of benzene rings is 1. The van der Waals surface area contributed by atoms with E-state index in [2.05, 4.69) is 10.3 Å². The standard InChI is InChI=1S/C19H19N3O3S/c1-11-5-4-8-14-16(11)21-19(26-14)20-15(23)9-10-22-17(24)12-6-2-3-7-13(12)18(22)25/h2-5,8,12-13H,6-7,9-10H2,1H3,(H,20,21,23)/t12-,13-/m0/s1. The van der Waals surface area contributed by atoms with Crippen LogP contribution < -0.4 is 5.32 Å². The van der Waals surface area contributed by atoms with Crippen molar-refractivity contribution in [2.45, 2.75) is 26.2 Å². The van der Waals surface area contributed by atoms with E-state index in [9.17, 15) is 14.4 Å². The zero-order chi connectivity index (χ0) is 18.3. The average Bonchev–Trinajstić information content (AvgIpc) is 3.14. The zero-order valence-electron chi connectivity index (χ0n) is 14.4. The molecule has 0 unspecified atom stereocenters. The van der Waals surface area contributed by atoms with Gasteiger partial charge in [-0.3, -0.25) is 19.3 Å². The Hall–Kier alpha value is -2.54. The number of aryl methyl sites for hydroxylation is 1. The van der Waals surface area contributed by atoms with E-state index in [-0.39, 0.29) is 42.5 Å².